The van der Waals surface area contributed by atoms with Gasteiger partial charge >= 0.3 is 0 Å². The zero-order valence-electron chi connectivity index (χ0n) is 17.1. The van der Waals surface area contributed by atoms with Crippen LogP contribution in [0.2, 0.25) is 0 Å². The molecule has 4 nitrogen and oxygen atoms in total. The van der Waals surface area contributed by atoms with E-state index in [1.165, 1.54) is 12.8 Å². The highest BCUT2D eigenvalue weighted by Gasteiger charge is 2.67. The van der Waals surface area contributed by atoms with Crippen LogP contribution in [-0.4, -0.2) is 48.6 Å². The van der Waals surface area contributed by atoms with E-state index in [-0.39, 0.29) is 11.4 Å². The van der Waals surface area contributed by atoms with Crippen molar-refractivity contribution in [2.75, 3.05) is 26.2 Å². The smallest absolute Gasteiger partial charge is 0.242 e. The molecule has 3 saturated heterocycles. The molecule has 4 aliphatic rings. The summed E-state index contributed by atoms with van der Waals surface area (Å²) < 4.78 is 0. The second-order valence-electron chi connectivity index (χ2n) is 10.1. The van der Waals surface area contributed by atoms with Gasteiger partial charge in [-0.3, -0.25) is 9.69 Å². The number of amides is 1. The Labute approximate surface area is 154 Å². The summed E-state index contributed by atoms with van der Waals surface area (Å²) in [5, 5.41) is 7.06. The van der Waals surface area contributed by atoms with Gasteiger partial charge in [0.25, 0.3) is 0 Å². The number of hydrogen-bond acceptors (Lipinski definition) is 3. The number of fused-ring (bicyclic) bond motifs is 1. The Morgan fingerprint density at radius 1 is 1.16 bits per heavy atom. The zero-order valence-corrected chi connectivity index (χ0v) is 17.1. The van der Waals surface area contributed by atoms with Crippen LogP contribution in [0.3, 0.4) is 0 Å². The summed E-state index contributed by atoms with van der Waals surface area (Å²) in [6.07, 6.45) is 2.47. The minimum atomic E-state index is -0.349. The molecule has 4 fully saturated rings. The van der Waals surface area contributed by atoms with Crippen LogP contribution in [0, 0.1) is 35.5 Å². The minimum Gasteiger partial charge on any atom is -0.354 e. The molecule has 1 saturated carbocycles. The van der Waals surface area contributed by atoms with Gasteiger partial charge in [-0.05, 0) is 49.0 Å². The highest BCUT2D eigenvalue weighted by Crippen LogP contribution is 2.54. The summed E-state index contributed by atoms with van der Waals surface area (Å²) >= 11 is 0. The highest BCUT2D eigenvalue weighted by molar-refractivity contribution is 5.89. The molecule has 0 aromatic rings. The summed E-state index contributed by atoms with van der Waals surface area (Å²) in [6, 6.07) is 0.377. The van der Waals surface area contributed by atoms with E-state index in [9.17, 15) is 4.79 Å². The van der Waals surface area contributed by atoms with Crippen LogP contribution in [0.15, 0.2) is 0 Å². The molecule has 2 N–H and O–H groups in total. The largest absolute Gasteiger partial charge is 0.354 e. The molecule has 5 atom stereocenters. The first-order chi connectivity index (χ1) is 11.8. The Morgan fingerprint density at radius 2 is 1.88 bits per heavy atom. The molecule has 0 radical (unpaired) electrons. The number of nitrogens with one attached hydrogen (secondary N) is 2. The maximum absolute atomic E-state index is 13.4. The van der Waals surface area contributed by atoms with E-state index in [1.807, 2.05) is 0 Å². The lowest BCUT2D eigenvalue weighted by molar-refractivity contribution is -0.139. The fraction of sp³-hybridized carbons (Fsp3) is 0.952. The van der Waals surface area contributed by atoms with Crippen molar-refractivity contribution in [2.45, 2.75) is 66.0 Å². The van der Waals surface area contributed by atoms with E-state index in [1.54, 1.807) is 0 Å². The van der Waals surface area contributed by atoms with E-state index in [2.05, 4.69) is 57.1 Å². The predicted molar refractivity (Wildman–Crippen MR) is 103 cm³/mol. The molecule has 4 bridgehead atoms. The van der Waals surface area contributed by atoms with E-state index >= 15 is 0 Å². The Kier molecular flexibility index (Phi) is 5.51. The summed E-state index contributed by atoms with van der Waals surface area (Å²) in [7, 11) is 0. The number of nitrogens with zero attached hydrogens (tertiary/aromatic N) is 1. The molecule has 144 valence electrons. The van der Waals surface area contributed by atoms with Gasteiger partial charge < -0.3 is 10.6 Å². The van der Waals surface area contributed by atoms with Gasteiger partial charge in [-0.1, -0.05) is 41.5 Å². The molecule has 4 rings (SSSR count). The topological polar surface area (TPSA) is 44.4 Å². The molecule has 3 aliphatic heterocycles. The number of hydrogen-bond donors (Lipinski definition) is 2. The number of rotatable bonds is 7. The third kappa shape index (κ3) is 3.37. The molecule has 25 heavy (non-hydrogen) atoms. The number of likely N-dealkylation sites (tertiary alicyclic amines) is 1. The van der Waals surface area contributed by atoms with Crippen LogP contribution >= 0.6 is 0 Å². The van der Waals surface area contributed by atoms with Crippen LogP contribution in [-0.2, 0) is 4.79 Å². The van der Waals surface area contributed by atoms with Gasteiger partial charge in [0.1, 0.15) is 5.54 Å². The molecule has 0 spiro atoms. The Balaban J connectivity index is 1.90. The van der Waals surface area contributed by atoms with Crippen molar-refractivity contribution in [1.82, 2.24) is 15.5 Å². The van der Waals surface area contributed by atoms with Crippen molar-refractivity contribution in [3.63, 3.8) is 0 Å². The van der Waals surface area contributed by atoms with Crippen molar-refractivity contribution < 1.29 is 4.79 Å². The van der Waals surface area contributed by atoms with Gasteiger partial charge in [-0.15, -0.1) is 0 Å². The predicted octanol–water partition coefficient (Wildman–Crippen LogP) is 2.74. The van der Waals surface area contributed by atoms with Gasteiger partial charge in [-0.25, -0.2) is 0 Å². The third-order valence-electron chi connectivity index (χ3n) is 6.60. The van der Waals surface area contributed by atoms with Gasteiger partial charge in [0.15, 0.2) is 0 Å². The maximum atomic E-state index is 13.4. The molecular weight excluding hydrogens is 310 g/mol. The molecular formula is C21H39N3O. The molecule has 1 aliphatic carbocycles. The average molecular weight is 350 g/mol. The lowest BCUT2D eigenvalue weighted by Gasteiger charge is -2.56. The number of carbonyl (C=O) groups is 1. The van der Waals surface area contributed by atoms with Crippen molar-refractivity contribution in [3.8, 4) is 0 Å². The third-order valence-corrected chi connectivity index (χ3v) is 6.60. The first-order valence-electron chi connectivity index (χ1n) is 10.5. The number of piperidine rings is 2. The second kappa shape index (κ2) is 7.19. The van der Waals surface area contributed by atoms with Crippen LogP contribution in [0.25, 0.3) is 0 Å². The SMILES string of the molecule is CC(C)CNC(=O)C12NCC3CC1CN(CC(C)C)C2C3CC(C)C. The van der Waals surface area contributed by atoms with Crippen molar-refractivity contribution >= 4 is 5.91 Å². The first-order valence-corrected chi connectivity index (χ1v) is 10.5. The first kappa shape index (κ1) is 19.2. The van der Waals surface area contributed by atoms with Gasteiger partial charge in [0.2, 0.25) is 5.91 Å². The molecule has 3 heterocycles. The maximum Gasteiger partial charge on any atom is 0.242 e. The summed E-state index contributed by atoms with van der Waals surface area (Å²) in [6.45, 7) is 17.6. The Hall–Kier alpha value is -0.610. The van der Waals surface area contributed by atoms with E-state index in [0.717, 1.165) is 32.1 Å². The summed E-state index contributed by atoms with van der Waals surface area (Å²) in [5.74, 6) is 3.99. The average Bonchev–Trinajstić information content (AvgIpc) is 2.76. The fourth-order valence-corrected chi connectivity index (χ4v) is 5.89. The second-order valence-corrected chi connectivity index (χ2v) is 10.1. The lowest BCUT2D eigenvalue weighted by Crippen LogP contribution is -2.76. The quantitative estimate of drug-likeness (QED) is 0.743. The Morgan fingerprint density at radius 3 is 2.48 bits per heavy atom. The summed E-state index contributed by atoms with van der Waals surface area (Å²) in [4.78, 5) is 16.1. The van der Waals surface area contributed by atoms with E-state index in [4.69, 9.17) is 0 Å². The van der Waals surface area contributed by atoms with E-state index < -0.39 is 0 Å². The normalized spacial score (nSPS) is 37.5. The summed E-state index contributed by atoms with van der Waals surface area (Å²) in [5.41, 5.74) is -0.349. The molecule has 5 unspecified atom stereocenters. The van der Waals surface area contributed by atoms with Crippen molar-refractivity contribution in [3.05, 3.63) is 0 Å². The monoisotopic (exact) mass is 349 g/mol. The fourth-order valence-electron chi connectivity index (χ4n) is 5.89. The zero-order chi connectivity index (χ0) is 18.4. The van der Waals surface area contributed by atoms with Crippen LogP contribution in [0.4, 0.5) is 0 Å². The van der Waals surface area contributed by atoms with Crippen LogP contribution in [0.1, 0.15) is 54.4 Å². The highest BCUT2D eigenvalue weighted by atomic mass is 16.2. The van der Waals surface area contributed by atoms with Crippen LogP contribution in [0.5, 0.6) is 0 Å². The van der Waals surface area contributed by atoms with Crippen molar-refractivity contribution in [2.24, 2.45) is 35.5 Å². The molecule has 4 heteroatoms. The lowest BCUT2D eigenvalue weighted by atomic mass is 9.58. The molecule has 0 aromatic carbocycles. The standard InChI is InChI=1S/C21H39N3O/c1-13(2)7-18-16-8-17-12-24(11-15(5)6)19(18)21(17,23-10-16)20(25)22-9-14(3)4/h13-19,23H,7-12H2,1-6H3,(H,22,25). The number of carbonyl (C=O) groups excluding carboxylic acids is 1. The van der Waals surface area contributed by atoms with Crippen molar-refractivity contribution in [1.29, 1.82) is 0 Å². The van der Waals surface area contributed by atoms with Gasteiger partial charge in [0.05, 0.1) is 0 Å². The molecule has 0 aromatic heterocycles. The van der Waals surface area contributed by atoms with Crippen LogP contribution < -0.4 is 10.6 Å². The Bertz CT molecular complexity index is 490. The molecule has 1 amide bonds. The van der Waals surface area contributed by atoms with Gasteiger partial charge in [0, 0.05) is 31.6 Å². The van der Waals surface area contributed by atoms with E-state index in [0.29, 0.717) is 35.6 Å². The minimum absolute atomic E-state index is 0.273. The van der Waals surface area contributed by atoms with Gasteiger partial charge in [-0.2, -0.15) is 0 Å².